The van der Waals surface area contributed by atoms with Gasteiger partial charge in [-0.2, -0.15) is 0 Å². The third-order valence-electron chi connectivity index (χ3n) is 3.85. The first-order valence-corrected chi connectivity index (χ1v) is 9.41. The van der Waals surface area contributed by atoms with Crippen molar-refractivity contribution in [3.05, 3.63) is 41.5 Å². The molecular weight excluding hydrogens is 360 g/mol. The maximum atomic E-state index is 12.7. The Morgan fingerprint density at radius 3 is 2.23 bits per heavy atom. The average Bonchev–Trinajstić information content (AvgIpc) is 2.75. The van der Waals surface area contributed by atoms with E-state index in [2.05, 4.69) is 5.32 Å². The largest absolute Gasteiger partial charge is 0.465 e. The maximum Gasteiger partial charge on any atom is 0.404 e. The summed E-state index contributed by atoms with van der Waals surface area (Å²) in [5, 5.41) is 20.1. The molecule has 0 unspecified atom stereocenters. The number of carbonyl (C=O) groups excluding carboxylic acids is 1. The average molecular weight is 382 g/mol. The standard InChI is InChI=1S/C17H22N2O6S/c1-17(2,3)19-15(21)9-14(26(19,24)25)12-6-4-11(5-7-12)8-13(10-20)18-16(22)23/h4-7,9,13,18,20H,8,10H2,1-3H3,(H,22,23)/t13-/m0/s1. The monoisotopic (exact) mass is 382 g/mol. The fraction of sp³-hybridized carbons (Fsp3) is 0.412. The molecule has 0 spiro atoms. The Morgan fingerprint density at radius 2 is 1.81 bits per heavy atom. The molecule has 3 N–H and O–H groups in total. The van der Waals surface area contributed by atoms with E-state index in [4.69, 9.17) is 5.11 Å². The van der Waals surface area contributed by atoms with Crippen LogP contribution in [0.15, 0.2) is 30.3 Å². The van der Waals surface area contributed by atoms with Gasteiger partial charge in [0.2, 0.25) is 0 Å². The van der Waals surface area contributed by atoms with E-state index in [-0.39, 0.29) is 17.9 Å². The van der Waals surface area contributed by atoms with E-state index in [9.17, 15) is 23.1 Å². The van der Waals surface area contributed by atoms with Crippen LogP contribution in [0.25, 0.3) is 4.91 Å². The molecule has 1 aromatic rings. The third-order valence-corrected chi connectivity index (χ3v) is 5.97. The van der Waals surface area contributed by atoms with Gasteiger partial charge in [0.05, 0.1) is 18.2 Å². The molecule has 0 aliphatic carbocycles. The molecular formula is C17H22N2O6S. The Labute approximate surface area is 152 Å². The molecule has 0 aromatic heterocycles. The summed E-state index contributed by atoms with van der Waals surface area (Å²) in [4.78, 5) is 22.8. The number of carbonyl (C=O) groups is 2. The number of carboxylic acid groups (broad SMARTS) is 1. The van der Waals surface area contributed by atoms with Gasteiger partial charge in [0.15, 0.2) is 0 Å². The normalized spacial score (nSPS) is 17.8. The molecule has 1 atom stereocenters. The number of sulfonamides is 1. The number of aliphatic hydroxyl groups is 1. The van der Waals surface area contributed by atoms with E-state index < -0.39 is 33.6 Å². The second-order valence-corrected chi connectivity index (χ2v) is 8.77. The SMILES string of the molecule is CC(C)(C)N1C(=O)C=C(c2ccc(C[C@@H](CO)NC(=O)O)cc2)S1(=O)=O. The van der Waals surface area contributed by atoms with Crippen LogP contribution in [-0.4, -0.2) is 53.1 Å². The molecule has 1 heterocycles. The lowest BCUT2D eigenvalue weighted by Crippen LogP contribution is -2.45. The number of nitrogens with zero attached hydrogens (tertiary/aromatic N) is 1. The Morgan fingerprint density at radius 1 is 1.23 bits per heavy atom. The molecule has 1 aliphatic rings. The second-order valence-electron chi connectivity index (χ2n) is 7.02. The van der Waals surface area contributed by atoms with Crippen molar-refractivity contribution in [2.75, 3.05) is 6.61 Å². The minimum absolute atomic E-state index is 0.0636. The summed E-state index contributed by atoms with van der Waals surface area (Å²) in [5.74, 6) is -0.581. The van der Waals surface area contributed by atoms with E-state index in [1.54, 1.807) is 45.0 Å². The molecule has 1 aromatic carbocycles. The smallest absolute Gasteiger partial charge is 0.404 e. The van der Waals surface area contributed by atoms with Gasteiger partial charge in [0.1, 0.15) is 4.91 Å². The molecule has 0 saturated heterocycles. The number of rotatable bonds is 5. The lowest BCUT2D eigenvalue weighted by molar-refractivity contribution is -0.123. The summed E-state index contributed by atoms with van der Waals surface area (Å²) in [5.41, 5.74) is 0.224. The first-order valence-electron chi connectivity index (χ1n) is 7.97. The van der Waals surface area contributed by atoms with Crippen molar-refractivity contribution in [2.45, 2.75) is 38.8 Å². The van der Waals surface area contributed by atoms with Gasteiger partial charge in [-0.05, 0) is 38.3 Å². The lowest BCUT2D eigenvalue weighted by Gasteiger charge is -2.30. The van der Waals surface area contributed by atoms with Crippen LogP contribution in [0.3, 0.4) is 0 Å². The van der Waals surface area contributed by atoms with Crippen LogP contribution in [0.1, 0.15) is 31.9 Å². The number of benzene rings is 1. The fourth-order valence-corrected chi connectivity index (χ4v) is 4.70. The fourth-order valence-electron chi connectivity index (χ4n) is 2.81. The maximum absolute atomic E-state index is 12.7. The molecule has 0 fully saturated rings. The van der Waals surface area contributed by atoms with E-state index in [0.29, 0.717) is 5.56 Å². The molecule has 26 heavy (non-hydrogen) atoms. The minimum Gasteiger partial charge on any atom is -0.465 e. The predicted molar refractivity (Wildman–Crippen MR) is 95.7 cm³/mol. The van der Waals surface area contributed by atoms with Crippen LogP contribution in [0.2, 0.25) is 0 Å². The van der Waals surface area contributed by atoms with Crippen molar-refractivity contribution < 1.29 is 28.2 Å². The van der Waals surface area contributed by atoms with Gasteiger partial charge in [-0.25, -0.2) is 17.5 Å². The number of amides is 2. The van der Waals surface area contributed by atoms with E-state index in [1.807, 2.05) is 0 Å². The highest BCUT2D eigenvalue weighted by molar-refractivity contribution is 7.99. The van der Waals surface area contributed by atoms with Gasteiger partial charge >= 0.3 is 6.09 Å². The molecule has 142 valence electrons. The van der Waals surface area contributed by atoms with Crippen molar-refractivity contribution in [1.29, 1.82) is 0 Å². The molecule has 1 aliphatic heterocycles. The molecule has 8 nitrogen and oxygen atoms in total. The zero-order valence-corrected chi connectivity index (χ0v) is 15.6. The van der Waals surface area contributed by atoms with Crippen LogP contribution in [0, 0.1) is 0 Å². The summed E-state index contributed by atoms with van der Waals surface area (Å²) in [6, 6.07) is 5.75. The Kier molecular flexibility index (Phi) is 5.43. The van der Waals surface area contributed by atoms with Crippen LogP contribution in [0.5, 0.6) is 0 Å². The third kappa shape index (κ3) is 4.05. The lowest BCUT2D eigenvalue weighted by atomic mass is 10.0. The number of nitrogens with one attached hydrogen (secondary N) is 1. The molecule has 2 amide bonds. The molecule has 9 heteroatoms. The van der Waals surface area contributed by atoms with Gasteiger partial charge in [-0.3, -0.25) is 4.79 Å². The Bertz CT molecular complexity index is 837. The summed E-state index contributed by atoms with van der Waals surface area (Å²) in [6.07, 6.45) is 0.128. The van der Waals surface area contributed by atoms with Crippen molar-refractivity contribution in [2.24, 2.45) is 0 Å². The summed E-state index contributed by atoms with van der Waals surface area (Å²) in [6.45, 7) is 4.58. The Hall–Kier alpha value is -2.39. The first-order chi connectivity index (χ1) is 12.0. The molecule has 0 radical (unpaired) electrons. The van der Waals surface area contributed by atoms with E-state index in [0.717, 1.165) is 15.9 Å². The predicted octanol–water partition coefficient (Wildman–Crippen LogP) is 1.17. The van der Waals surface area contributed by atoms with Crippen LogP contribution in [-0.2, 0) is 21.2 Å². The summed E-state index contributed by atoms with van der Waals surface area (Å²) in [7, 11) is -3.93. The molecule has 0 saturated carbocycles. The van der Waals surface area contributed by atoms with Crippen LogP contribution in [0.4, 0.5) is 4.79 Å². The molecule has 0 bridgehead atoms. The van der Waals surface area contributed by atoms with Gasteiger partial charge in [-0.15, -0.1) is 0 Å². The highest BCUT2D eigenvalue weighted by atomic mass is 32.2. The van der Waals surface area contributed by atoms with Crippen molar-refractivity contribution in [1.82, 2.24) is 9.62 Å². The number of aliphatic hydroxyl groups excluding tert-OH is 1. The van der Waals surface area contributed by atoms with Crippen LogP contribution < -0.4 is 5.32 Å². The minimum atomic E-state index is -3.93. The summed E-state index contributed by atoms with van der Waals surface area (Å²) >= 11 is 0. The van der Waals surface area contributed by atoms with Gasteiger partial charge in [-0.1, -0.05) is 24.3 Å². The highest BCUT2D eigenvalue weighted by Gasteiger charge is 2.44. The topological polar surface area (TPSA) is 124 Å². The van der Waals surface area contributed by atoms with Crippen molar-refractivity contribution >= 4 is 26.9 Å². The zero-order valence-electron chi connectivity index (χ0n) is 14.8. The quantitative estimate of drug-likeness (QED) is 0.702. The highest BCUT2D eigenvalue weighted by Crippen LogP contribution is 2.35. The van der Waals surface area contributed by atoms with E-state index >= 15 is 0 Å². The van der Waals surface area contributed by atoms with Gasteiger partial charge in [0.25, 0.3) is 15.9 Å². The van der Waals surface area contributed by atoms with Crippen LogP contribution >= 0.6 is 0 Å². The number of hydrogen-bond donors (Lipinski definition) is 3. The zero-order chi connectivity index (χ0) is 19.7. The van der Waals surface area contributed by atoms with Gasteiger partial charge in [0, 0.05) is 6.08 Å². The number of hydrogen-bond acceptors (Lipinski definition) is 5. The first kappa shape index (κ1) is 19.9. The van der Waals surface area contributed by atoms with Gasteiger partial charge < -0.3 is 15.5 Å². The van der Waals surface area contributed by atoms with E-state index in [1.165, 1.54) is 0 Å². The van der Waals surface area contributed by atoms with Crippen molar-refractivity contribution in [3.8, 4) is 0 Å². The Balaban J connectivity index is 2.25. The molecule has 2 rings (SSSR count). The van der Waals surface area contributed by atoms with Crippen molar-refractivity contribution in [3.63, 3.8) is 0 Å². The second kappa shape index (κ2) is 7.08. The summed E-state index contributed by atoms with van der Waals surface area (Å²) < 4.78 is 26.3.